The van der Waals surface area contributed by atoms with Gasteiger partial charge in [-0.2, -0.15) is 0 Å². The lowest BCUT2D eigenvalue weighted by Gasteiger charge is -2.23. The molecule has 0 saturated heterocycles. The van der Waals surface area contributed by atoms with Crippen LogP contribution in [0.5, 0.6) is 0 Å². The van der Waals surface area contributed by atoms with Crippen LogP contribution in [0.25, 0.3) is 0 Å². The van der Waals surface area contributed by atoms with Gasteiger partial charge in [0.1, 0.15) is 0 Å². The summed E-state index contributed by atoms with van der Waals surface area (Å²) in [5.41, 5.74) is 0. The molecule has 1 saturated carbocycles. The highest BCUT2D eigenvalue weighted by Crippen LogP contribution is 2.25. The van der Waals surface area contributed by atoms with E-state index in [1.165, 1.54) is 95.7 Å². The van der Waals surface area contributed by atoms with E-state index in [9.17, 15) is 5.11 Å². The summed E-state index contributed by atoms with van der Waals surface area (Å²) in [5, 5.41) is 13.6. The van der Waals surface area contributed by atoms with Crippen LogP contribution in [-0.4, -0.2) is 29.1 Å². The van der Waals surface area contributed by atoms with E-state index in [0.717, 1.165) is 19.3 Å². The number of hydrogen-bond donors (Lipinski definition) is 2. The smallest absolute Gasteiger partial charge is 0.0970 e. The van der Waals surface area contributed by atoms with Crippen LogP contribution >= 0.6 is 0 Å². The van der Waals surface area contributed by atoms with Crippen LogP contribution in [0, 0.1) is 0 Å². The van der Waals surface area contributed by atoms with Crippen molar-refractivity contribution < 1.29 is 5.11 Å². The molecule has 0 spiro atoms. The van der Waals surface area contributed by atoms with Crippen LogP contribution in [0.1, 0.15) is 116 Å². The molecule has 0 radical (unpaired) electrons. The number of hydrogen-bond acceptors (Lipinski definition) is 3. The summed E-state index contributed by atoms with van der Waals surface area (Å²) in [6.07, 6.45) is 25.4. The normalized spacial score (nSPS) is 23.3. The first kappa shape index (κ1) is 22.5. The largest absolute Gasteiger partial charge is 0.393 e. The molecule has 1 heterocycles. The molecule has 2 aliphatic rings. The molecule has 2 rings (SSSR count). The molecule has 1 aliphatic carbocycles. The lowest BCUT2D eigenvalue weighted by atomic mass is 9.92. The standard InChI is InChI=1S/C24H44N2O/c1-2-3-4-11-16-21(27)17-12-9-7-5-6-8-10-13-20-24-25-22-18-14-15-19-23(22)26-24/h9,12,21-23,27H,2-8,10-11,13-20H2,1H3,(H,25,26)/b12-9-/t21-,22?,23?/m1/s1. The maximum Gasteiger partial charge on any atom is 0.0970 e. The molecular weight excluding hydrogens is 332 g/mol. The minimum absolute atomic E-state index is 0.131. The van der Waals surface area contributed by atoms with Crippen molar-refractivity contribution in [3.63, 3.8) is 0 Å². The van der Waals surface area contributed by atoms with Gasteiger partial charge in [-0.1, -0.05) is 76.9 Å². The lowest BCUT2D eigenvalue weighted by molar-refractivity contribution is 0.163. The number of amidine groups is 1. The van der Waals surface area contributed by atoms with Crippen molar-refractivity contribution in [2.45, 2.75) is 134 Å². The summed E-state index contributed by atoms with van der Waals surface area (Å²) in [6.45, 7) is 2.23. The Bertz CT molecular complexity index is 432. The van der Waals surface area contributed by atoms with Crippen LogP contribution in [0.3, 0.4) is 0 Å². The number of unbranched alkanes of at least 4 members (excludes halogenated alkanes) is 8. The molecule has 3 nitrogen and oxygen atoms in total. The topological polar surface area (TPSA) is 44.6 Å². The number of aliphatic hydroxyl groups excluding tert-OH is 1. The average Bonchev–Trinajstić information content (AvgIpc) is 3.09. The summed E-state index contributed by atoms with van der Waals surface area (Å²) in [4.78, 5) is 4.90. The molecule has 0 amide bonds. The number of nitrogens with zero attached hydrogens (tertiary/aromatic N) is 1. The Morgan fingerprint density at radius 1 is 1.00 bits per heavy atom. The van der Waals surface area contributed by atoms with E-state index in [1.54, 1.807) is 0 Å². The van der Waals surface area contributed by atoms with Crippen molar-refractivity contribution in [3.05, 3.63) is 12.2 Å². The number of aliphatic hydroxyl groups is 1. The van der Waals surface area contributed by atoms with Crippen LogP contribution in [0.4, 0.5) is 0 Å². The minimum atomic E-state index is -0.131. The van der Waals surface area contributed by atoms with Crippen molar-refractivity contribution in [1.82, 2.24) is 5.32 Å². The third kappa shape index (κ3) is 9.78. The van der Waals surface area contributed by atoms with Crippen molar-refractivity contribution in [2.75, 3.05) is 0 Å². The van der Waals surface area contributed by atoms with Crippen molar-refractivity contribution in [3.8, 4) is 0 Å². The zero-order valence-corrected chi connectivity index (χ0v) is 17.8. The third-order valence-electron chi connectivity index (χ3n) is 6.15. The van der Waals surface area contributed by atoms with Crippen LogP contribution in [-0.2, 0) is 0 Å². The second-order valence-electron chi connectivity index (χ2n) is 8.70. The van der Waals surface area contributed by atoms with Crippen molar-refractivity contribution in [1.29, 1.82) is 0 Å². The van der Waals surface area contributed by atoms with Gasteiger partial charge in [-0.3, -0.25) is 4.99 Å². The highest BCUT2D eigenvalue weighted by molar-refractivity contribution is 5.84. The monoisotopic (exact) mass is 376 g/mol. The molecular formula is C24H44N2O. The van der Waals surface area contributed by atoms with E-state index in [4.69, 9.17) is 4.99 Å². The van der Waals surface area contributed by atoms with Crippen LogP contribution in [0.2, 0.25) is 0 Å². The number of aliphatic imine (C=N–C) groups is 1. The molecule has 27 heavy (non-hydrogen) atoms. The van der Waals surface area contributed by atoms with E-state index < -0.39 is 0 Å². The maximum absolute atomic E-state index is 9.94. The fraction of sp³-hybridized carbons (Fsp3) is 0.875. The third-order valence-corrected chi connectivity index (χ3v) is 6.15. The summed E-state index contributed by atoms with van der Waals surface area (Å²) >= 11 is 0. The SMILES string of the molecule is CCCCCC[C@@H](O)C/C=C\CCCCCCCC1=NC2CCCCC2N1. The number of nitrogens with one attached hydrogen (secondary N) is 1. The molecule has 2 N–H and O–H groups in total. The molecule has 1 aliphatic heterocycles. The van der Waals surface area contributed by atoms with Crippen molar-refractivity contribution >= 4 is 5.84 Å². The van der Waals surface area contributed by atoms with Gasteiger partial charge in [0, 0.05) is 12.5 Å². The Hall–Kier alpha value is -0.830. The first-order valence-electron chi connectivity index (χ1n) is 12.0. The summed E-state index contributed by atoms with van der Waals surface area (Å²) < 4.78 is 0. The van der Waals surface area contributed by atoms with Gasteiger partial charge in [-0.05, 0) is 44.9 Å². The van der Waals surface area contributed by atoms with E-state index in [1.807, 2.05) is 0 Å². The van der Waals surface area contributed by atoms with Gasteiger partial charge in [0.15, 0.2) is 0 Å². The van der Waals surface area contributed by atoms with Gasteiger partial charge in [0.2, 0.25) is 0 Å². The highest BCUT2D eigenvalue weighted by atomic mass is 16.3. The first-order valence-corrected chi connectivity index (χ1v) is 12.0. The zero-order valence-electron chi connectivity index (χ0n) is 17.8. The van der Waals surface area contributed by atoms with Crippen LogP contribution < -0.4 is 5.32 Å². The number of rotatable bonds is 15. The van der Waals surface area contributed by atoms with Crippen LogP contribution in [0.15, 0.2) is 17.1 Å². The minimum Gasteiger partial charge on any atom is -0.393 e. The van der Waals surface area contributed by atoms with E-state index in [-0.39, 0.29) is 6.10 Å². The molecule has 0 bridgehead atoms. The molecule has 3 heteroatoms. The summed E-state index contributed by atoms with van der Waals surface area (Å²) in [6, 6.07) is 1.26. The van der Waals surface area contributed by atoms with Gasteiger partial charge in [-0.15, -0.1) is 0 Å². The lowest BCUT2D eigenvalue weighted by Crippen LogP contribution is -2.36. The molecule has 2 unspecified atom stereocenters. The Morgan fingerprint density at radius 3 is 2.63 bits per heavy atom. The van der Waals surface area contributed by atoms with Gasteiger partial charge in [0.25, 0.3) is 0 Å². The molecule has 156 valence electrons. The van der Waals surface area contributed by atoms with Gasteiger partial charge >= 0.3 is 0 Å². The molecule has 3 atom stereocenters. The Balaban J connectivity index is 1.36. The summed E-state index contributed by atoms with van der Waals surface area (Å²) in [5.74, 6) is 1.29. The molecule has 1 fully saturated rings. The number of allylic oxidation sites excluding steroid dienone is 1. The second kappa shape index (κ2) is 14.2. The van der Waals surface area contributed by atoms with Gasteiger partial charge in [-0.25, -0.2) is 0 Å². The first-order chi connectivity index (χ1) is 13.3. The van der Waals surface area contributed by atoms with E-state index >= 15 is 0 Å². The maximum atomic E-state index is 9.94. The Kier molecular flexibility index (Phi) is 11.8. The fourth-order valence-electron chi connectivity index (χ4n) is 4.40. The highest BCUT2D eigenvalue weighted by Gasteiger charge is 2.30. The number of fused-ring (bicyclic) bond motifs is 1. The van der Waals surface area contributed by atoms with Gasteiger partial charge in [0.05, 0.1) is 18.0 Å². The van der Waals surface area contributed by atoms with Gasteiger partial charge < -0.3 is 10.4 Å². The quantitative estimate of drug-likeness (QED) is 0.260. The predicted molar refractivity (Wildman–Crippen MR) is 117 cm³/mol. The molecule has 0 aromatic heterocycles. The van der Waals surface area contributed by atoms with E-state index in [0.29, 0.717) is 12.1 Å². The summed E-state index contributed by atoms with van der Waals surface area (Å²) in [7, 11) is 0. The second-order valence-corrected chi connectivity index (χ2v) is 8.70. The zero-order chi connectivity index (χ0) is 19.2. The fourth-order valence-corrected chi connectivity index (χ4v) is 4.40. The molecule has 0 aromatic carbocycles. The van der Waals surface area contributed by atoms with Crippen molar-refractivity contribution in [2.24, 2.45) is 4.99 Å². The Morgan fingerprint density at radius 2 is 1.78 bits per heavy atom. The van der Waals surface area contributed by atoms with E-state index in [2.05, 4.69) is 24.4 Å². The Labute approximate surface area is 168 Å². The molecule has 0 aromatic rings. The predicted octanol–water partition coefficient (Wildman–Crippen LogP) is 6.31. The average molecular weight is 377 g/mol.